The van der Waals surface area contributed by atoms with E-state index in [4.69, 9.17) is 25.1 Å². The van der Waals surface area contributed by atoms with Crippen molar-refractivity contribution < 1.29 is 43.6 Å². The fraction of sp³-hybridized carbons (Fsp3) is 0.333. The van der Waals surface area contributed by atoms with E-state index in [2.05, 4.69) is 10.6 Å². The molecule has 0 bridgehead atoms. The molecule has 3 aromatic carbocycles. The Balaban J connectivity index is 1.30. The fourth-order valence-electron chi connectivity index (χ4n) is 5.45. The summed E-state index contributed by atoms with van der Waals surface area (Å²) in [7, 11) is 0. The number of amides is 2. The van der Waals surface area contributed by atoms with E-state index in [1.807, 2.05) is 48.5 Å². The minimum Gasteiger partial charge on any atom is -0.480 e. The molecule has 0 radical (unpaired) electrons. The average molecular weight is 650 g/mol. The van der Waals surface area contributed by atoms with E-state index in [9.17, 15) is 24.3 Å². The predicted molar refractivity (Wildman–Crippen MR) is 170 cm³/mol. The van der Waals surface area contributed by atoms with Crippen LogP contribution in [0.2, 0.25) is 0 Å². The number of thioether (sulfide) groups is 1. The topological polar surface area (TPSA) is 187 Å². The van der Waals surface area contributed by atoms with Gasteiger partial charge in [-0.15, -0.1) is 0 Å². The Labute approximate surface area is 269 Å². The van der Waals surface area contributed by atoms with Crippen LogP contribution >= 0.6 is 11.8 Å². The van der Waals surface area contributed by atoms with Gasteiger partial charge in [0.05, 0.1) is 0 Å². The van der Waals surface area contributed by atoms with Crippen molar-refractivity contribution in [1.82, 2.24) is 10.6 Å². The van der Waals surface area contributed by atoms with E-state index < -0.39 is 47.9 Å². The summed E-state index contributed by atoms with van der Waals surface area (Å²) in [6.45, 7) is 3.54. The molecule has 1 aliphatic carbocycles. The summed E-state index contributed by atoms with van der Waals surface area (Å²) in [5.41, 5.74) is 10.3. The Hall–Kier alpha value is -4.75. The van der Waals surface area contributed by atoms with Gasteiger partial charge in [-0.1, -0.05) is 54.6 Å². The van der Waals surface area contributed by atoms with Gasteiger partial charge in [-0.05, 0) is 39.9 Å². The van der Waals surface area contributed by atoms with Gasteiger partial charge in [-0.25, -0.2) is 9.59 Å². The van der Waals surface area contributed by atoms with Crippen LogP contribution in [0, 0.1) is 0 Å². The van der Waals surface area contributed by atoms with E-state index in [0.717, 1.165) is 34.0 Å². The zero-order valence-corrected chi connectivity index (χ0v) is 26.0. The minimum atomic E-state index is -1.37. The summed E-state index contributed by atoms with van der Waals surface area (Å²) in [5, 5.41) is 23.8. The molecule has 0 saturated heterocycles. The quantitative estimate of drug-likeness (QED) is 0.183. The third-order valence-corrected chi connectivity index (χ3v) is 8.79. The second kappa shape index (κ2) is 13.7. The summed E-state index contributed by atoms with van der Waals surface area (Å²) in [6, 6.07) is 17.1. The van der Waals surface area contributed by atoms with Crippen molar-refractivity contribution in [2.45, 2.75) is 50.1 Å². The van der Waals surface area contributed by atoms with E-state index in [1.165, 1.54) is 0 Å². The SMILES string of the molecule is CC1(C)Oc2ccc(C[C@H](NC(=O)OCC3c4ccccc4-c4ccccc43)C(=O)N[C@H](CSC[C@H](N)C(=O)O)C(=O)O)cc2O1. The van der Waals surface area contributed by atoms with E-state index in [-0.39, 0.29) is 30.5 Å². The van der Waals surface area contributed by atoms with Gasteiger partial charge >= 0.3 is 18.0 Å². The van der Waals surface area contributed by atoms with Crippen LogP contribution in [0.15, 0.2) is 66.7 Å². The van der Waals surface area contributed by atoms with E-state index in [1.54, 1.807) is 32.0 Å². The zero-order valence-electron chi connectivity index (χ0n) is 25.2. The first-order chi connectivity index (χ1) is 21.9. The Bertz CT molecular complexity index is 1600. The number of aliphatic carboxylic acids is 2. The number of ether oxygens (including phenoxy) is 3. The predicted octanol–water partition coefficient (Wildman–Crippen LogP) is 3.36. The second-order valence-corrected chi connectivity index (χ2v) is 12.6. The first-order valence-corrected chi connectivity index (χ1v) is 15.8. The maximum atomic E-state index is 13.5. The molecule has 6 N–H and O–H groups in total. The van der Waals surface area contributed by atoms with Crippen LogP contribution in [0.25, 0.3) is 11.1 Å². The summed E-state index contributed by atoms with van der Waals surface area (Å²) < 4.78 is 17.2. The highest BCUT2D eigenvalue weighted by Crippen LogP contribution is 2.44. The maximum absolute atomic E-state index is 13.5. The highest BCUT2D eigenvalue weighted by molar-refractivity contribution is 7.99. The van der Waals surface area contributed by atoms with Gasteiger partial charge in [0.2, 0.25) is 11.7 Å². The standard InChI is InChI=1S/C33H35N3O9S/c1-33(2)44-27-12-11-18(14-28(27)45-33)13-25(29(37)35-26(31(40)41)17-46-16-24(34)30(38)39)36-32(42)43-15-23-21-9-5-3-7-19(21)20-8-4-6-10-22(20)23/h3-12,14,23-26H,13,15-17,34H2,1-2H3,(H,35,37)(H,36,42)(H,38,39)(H,40,41)/t24-,25-,26+/m0/s1. The van der Waals surface area contributed by atoms with Crippen LogP contribution in [0.5, 0.6) is 11.5 Å². The maximum Gasteiger partial charge on any atom is 0.407 e. The number of hydrogen-bond donors (Lipinski definition) is 5. The number of hydrogen-bond acceptors (Lipinski definition) is 9. The van der Waals surface area contributed by atoms with Crippen molar-refractivity contribution in [1.29, 1.82) is 0 Å². The van der Waals surface area contributed by atoms with Crippen LogP contribution in [0.3, 0.4) is 0 Å². The molecule has 0 unspecified atom stereocenters. The molecule has 5 rings (SSSR count). The van der Waals surface area contributed by atoms with Gasteiger partial charge in [0.1, 0.15) is 24.7 Å². The number of alkyl carbamates (subject to hydrolysis) is 1. The smallest absolute Gasteiger partial charge is 0.407 e. The largest absolute Gasteiger partial charge is 0.480 e. The Morgan fingerprint density at radius 1 is 0.870 bits per heavy atom. The van der Waals surface area contributed by atoms with Crippen LogP contribution in [-0.4, -0.2) is 76.2 Å². The van der Waals surface area contributed by atoms with Gasteiger partial charge in [0.25, 0.3) is 0 Å². The number of carbonyl (C=O) groups excluding carboxylic acids is 2. The molecule has 0 aromatic heterocycles. The lowest BCUT2D eigenvalue weighted by atomic mass is 9.98. The highest BCUT2D eigenvalue weighted by Gasteiger charge is 2.34. The third kappa shape index (κ3) is 7.54. The molecular formula is C33H35N3O9S. The number of benzene rings is 3. The van der Waals surface area contributed by atoms with Crippen molar-refractivity contribution in [2.24, 2.45) is 5.73 Å². The van der Waals surface area contributed by atoms with Crippen molar-refractivity contribution >= 4 is 35.7 Å². The monoisotopic (exact) mass is 649 g/mol. The number of nitrogens with one attached hydrogen (secondary N) is 2. The number of rotatable bonds is 13. The molecule has 0 fully saturated rings. The molecule has 13 heteroatoms. The number of fused-ring (bicyclic) bond motifs is 4. The molecule has 3 atom stereocenters. The van der Waals surface area contributed by atoms with Crippen LogP contribution in [-0.2, 0) is 25.5 Å². The van der Waals surface area contributed by atoms with Gasteiger partial charge in [0, 0.05) is 37.7 Å². The molecule has 1 heterocycles. The van der Waals surface area contributed by atoms with Crippen molar-refractivity contribution in [3.8, 4) is 22.6 Å². The number of carboxylic acids is 2. The first-order valence-electron chi connectivity index (χ1n) is 14.6. The van der Waals surface area contributed by atoms with Crippen molar-refractivity contribution in [2.75, 3.05) is 18.1 Å². The highest BCUT2D eigenvalue weighted by atomic mass is 32.2. The minimum absolute atomic E-state index is 0.0174. The van der Waals surface area contributed by atoms with Gasteiger partial charge in [0.15, 0.2) is 11.5 Å². The van der Waals surface area contributed by atoms with Crippen molar-refractivity contribution in [3.05, 3.63) is 83.4 Å². The molecule has 1 aliphatic heterocycles. The molecule has 2 amide bonds. The van der Waals surface area contributed by atoms with E-state index >= 15 is 0 Å². The molecule has 12 nitrogen and oxygen atoms in total. The molecule has 46 heavy (non-hydrogen) atoms. The molecule has 2 aliphatic rings. The lowest BCUT2D eigenvalue weighted by Crippen LogP contribution is -2.53. The van der Waals surface area contributed by atoms with E-state index in [0.29, 0.717) is 17.1 Å². The number of nitrogens with two attached hydrogens (primary N) is 1. The Kier molecular flexibility index (Phi) is 9.73. The molecule has 242 valence electrons. The molecule has 3 aromatic rings. The molecule has 0 spiro atoms. The molecule has 0 saturated carbocycles. The van der Waals surface area contributed by atoms with Crippen LogP contribution in [0.4, 0.5) is 4.79 Å². The first kappa shape index (κ1) is 32.6. The lowest BCUT2D eigenvalue weighted by Gasteiger charge is -2.22. The van der Waals surface area contributed by atoms with Gasteiger partial charge in [-0.2, -0.15) is 11.8 Å². The Morgan fingerprint density at radius 2 is 1.50 bits per heavy atom. The normalized spacial score (nSPS) is 16.0. The summed E-state index contributed by atoms with van der Waals surface area (Å²) in [4.78, 5) is 49.7. The third-order valence-electron chi connectivity index (χ3n) is 7.63. The zero-order chi connectivity index (χ0) is 33.0. The fourth-order valence-corrected chi connectivity index (χ4v) is 6.45. The average Bonchev–Trinajstić information content (AvgIpc) is 3.50. The van der Waals surface area contributed by atoms with Crippen molar-refractivity contribution in [3.63, 3.8) is 0 Å². The number of carboxylic acid groups (broad SMARTS) is 2. The summed E-state index contributed by atoms with van der Waals surface area (Å²) in [6.07, 6.45) is -0.867. The van der Waals surface area contributed by atoms with Crippen LogP contribution < -0.4 is 25.8 Å². The summed E-state index contributed by atoms with van der Waals surface area (Å²) >= 11 is 0.978. The van der Waals surface area contributed by atoms with Crippen LogP contribution in [0.1, 0.15) is 36.5 Å². The summed E-state index contributed by atoms with van der Waals surface area (Å²) in [5.74, 6) is -3.57. The Morgan fingerprint density at radius 3 is 2.13 bits per heavy atom. The number of carbonyl (C=O) groups is 4. The molecular weight excluding hydrogens is 614 g/mol. The van der Waals surface area contributed by atoms with Gasteiger partial charge < -0.3 is 40.8 Å². The lowest BCUT2D eigenvalue weighted by molar-refractivity contribution is -0.141. The second-order valence-electron chi connectivity index (χ2n) is 11.5. The van der Waals surface area contributed by atoms with Gasteiger partial charge in [-0.3, -0.25) is 9.59 Å².